The minimum Gasteiger partial charge on any atom is -0.497 e. The van der Waals surface area contributed by atoms with Crippen LogP contribution in [0.2, 0.25) is 5.02 Å². The number of amides is 2. The Morgan fingerprint density at radius 1 is 0.975 bits per heavy atom. The number of hydrogen-bond acceptors (Lipinski definition) is 5. The fourth-order valence-corrected chi connectivity index (χ4v) is 5.49. The van der Waals surface area contributed by atoms with E-state index in [9.17, 15) is 18.0 Å². The van der Waals surface area contributed by atoms with E-state index in [-0.39, 0.29) is 29.0 Å². The summed E-state index contributed by atoms with van der Waals surface area (Å²) in [4.78, 5) is 28.4. The van der Waals surface area contributed by atoms with Crippen LogP contribution in [0.4, 0.5) is 5.69 Å². The quantitative estimate of drug-likeness (QED) is 0.321. The molecule has 0 aliphatic carbocycles. The summed E-state index contributed by atoms with van der Waals surface area (Å²) in [5.74, 6) is -0.209. The van der Waals surface area contributed by atoms with Crippen molar-refractivity contribution in [3.05, 3.63) is 88.9 Å². The van der Waals surface area contributed by atoms with Gasteiger partial charge in [0, 0.05) is 24.2 Å². The molecule has 0 radical (unpaired) electrons. The molecule has 3 rings (SSSR count). The minimum atomic E-state index is -4.16. The number of sulfonamides is 1. The van der Waals surface area contributed by atoms with Gasteiger partial charge in [0.2, 0.25) is 11.8 Å². The van der Waals surface area contributed by atoms with E-state index in [1.807, 2.05) is 20.8 Å². The number of nitrogens with zero attached hydrogens (tertiary/aromatic N) is 2. The second-order valence-corrected chi connectivity index (χ2v) is 12.3. The van der Waals surface area contributed by atoms with Gasteiger partial charge in [-0.1, -0.05) is 61.3 Å². The smallest absolute Gasteiger partial charge is 0.264 e. The zero-order valence-electron chi connectivity index (χ0n) is 23.4. The molecular formula is C30H36ClN3O5S. The molecule has 0 fully saturated rings. The lowest BCUT2D eigenvalue weighted by Crippen LogP contribution is -2.51. The van der Waals surface area contributed by atoms with Gasteiger partial charge in [-0.05, 0) is 61.7 Å². The lowest BCUT2D eigenvalue weighted by molar-refractivity contribution is -0.139. The third-order valence-electron chi connectivity index (χ3n) is 6.35. The molecule has 0 spiro atoms. The van der Waals surface area contributed by atoms with Crippen LogP contribution < -0.4 is 14.4 Å². The number of ether oxygens (including phenoxy) is 1. The predicted molar refractivity (Wildman–Crippen MR) is 158 cm³/mol. The summed E-state index contributed by atoms with van der Waals surface area (Å²) < 4.78 is 34.2. The maximum atomic E-state index is 14.0. The number of benzene rings is 3. The van der Waals surface area contributed by atoms with Crippen molar-refractivity contribution >= 4 is 39.1 Å². The summed E-state index contributed by atoms with van der Waals surface area (Å²) in [5, 5.41) is 3.41. The first-order valence-corrected chi connectivity index (χ1v) is 14.8. The molecule has 40 heavy (non-hydrogen) atoms. The van der Waals surface area contributed by atoms with Crippen LogP contribution in [0.25, 0.3) is 0 Å². The average Bonchev–Trinajstić information content (AvgIpc) is 2.93. The first-order chi connectivity index (χ1) is 18.9. The first kappa shape index (κ1) is 31.0. The normalized spacial score (nSPS) is 12.1. The Kier molecular flexibility index (Phi) is 10.6. The van der Waals surface area contributed by atoms with Crippen molar-refractivity contribution in [2.45, 2.75) is 45.2 Å². The fraction of sp³-hybridized carbons (Fsp3) is 0.333. The summed E-state index contributed by atoms with van der Waals surface area (Å²) in [6, 6.07) is 19.0. The summed E-state index contributed by atoms with van der Waals surface area (Å²) in [7, 11) is -2.68. The maximum Gasteiger partial charge on any atom is 0.264 e. The van der Waals surface area contributed by atoms with Crippen molar-refractivity contribution in [2.75, 3.05) is 24.5 Å². The third kappa shape index (κ3) is 7.99. The van der Waals surface area contributed by atoms with Gasteiger partial charge in [0.25, 0.3) is 10.0 Å². The minimum absolute atomic E-state index is 0.0423. The number of rotatable bonds is 12. The molecule has 8 nitrogen and oxygen atoms in total. The fourth-order valence-electron chi connectivity index (χ4n) is 3.95. The molecule has 1 atom stereocenters. The van der Waals surface area contributed by atoms with Crippen molar-refractivity contribution in [2.24, 2.45) is 5.92 Å². The van der Waals surface area contributed by atoms with Crippen LogP contribution in [-0.4, -0.2) is 51.4 Å². The Labute approximate surface area is 241 Å². The molecule has 3 aromatic rings. The highest BCUT2D eigenvalue weighted by atomic mass is 35.5. The van der Waals surface area contributed by atoms with Gasteiger partial charge in [-0.3, -0.25) is 13.9 Å². The standard InChI is InChI=1S/C30H36ClN3O5S/c1-21(2)18-32-30(36)23(4)33(19-24-11-13-25(31)14-12-24)29(35)20-34(26-7-6-8-27(17-26)39-5)40(37,38)28-15-9-22(3)10-16-28/h6-17,21,23H,18-20H2,1-5H3,(H,32,36)/t23-/m0/s1. The number of nitrogens with one attached hydrogen (secondary N) is 1. The van der Waals surface area contributed by atoms with Gasteiger partial charge in [-0.2, -0.15) is 0 Å². The number of methoxy groups -OCH3 is 1. The van der Waals surface area contributed by atoms with Crippen LogP contribution in [-0.2, 0) is 26.2 Å². The highest BCUT2D eigenvalue weighted by molar-refractivity contribution is 7.92. The van der Waals surface area contributed by atoms with Crippen molar-refractivity contribution < 1.29 is 22.7 Å². The highest BCUT2D eigenvalue weighted by Crippen LogP contribution is 2.28. The number of aryl methyl sites for hydroxylation is 1. The Bertz CT molecular complexity index is 1410. The van der Waals surface area contributed by atoms with Crippen molar-refractivity contribution in [1.29, 1.82) is 0 Å². The van der Waals surface area contributed by atoms with E-state index < -0.39 is 28.5 Å². The van der Waals surface area contributed by atoms with Gasteiger partial charge in [0.1, 0.15) is 18.3 Å². The maximum absolute atomic E-state index is 14.0. The number of hydrogen-bond donors (Lipinski definition) is 1. The lowest BCUT2D eigenvalue weighted by atomic mass is 10.1. The molecule has 3 aromatic carbocycles. The number of carbonyl (C=O) groups is 2. The molecule has 10 heteroatoms. The van der Waals surface area contributed by atoms with E-state index in [0.717, 1.165) is 15.4 Å². The average molecular weight is 586 g/mol. The van der Waals surface area contributed by atoms with Crippen LogP contribution in [0.5, 0.6) is 5.75 Å². The van der Waals surface area contributed by atoms with Crippen molar-refractivity contribution in [1.82, 2.24) is 10.2 Å². The van der Waals surface area contributed by atoms with Crippen LogP contribution in [0.3, 0.4) is 0 Å². The van der Waals surface area contributed by atoms with Crippen molar-refractivity contribution in [3.8, 4) is 5.75 Å². The van der Waals surface area contributed by atoms with E-state index in [4.69, 9.17) is 16.3 Å². The molecule has 0 saturated carbocycles. The zero-order chi connectivity index (χ0) is 29.4. The monoisotopic (exact) mass is 585 g/mol. The highest BCUT2D eigenvalue weighted by Gasteiger charge is 2.32. The third-order valence-corrected chi connectivity index (χ3v) is 8.39. The first-order valence-electron chi connectivity index (χ1n) is 13.0. The molecule has 2 amide bonds. The summed E-state index contributed by atoms with van der Waals surface area (Å²) in [6.45, 7) is 7.45. The largest absolute Gasteiger partial charge is 0.497 e. The molecule has 1 N–H and O–H groups in total. The second kappa shape index (κ2) is 13.7. The molecule has 0 aliphatic rings. The Hall–Kier alpha value is -3.56. The molecule has 0 heterocycles. The Balaban J connectivity index is 2.02. The summed E-state index contributed by atoms with van der Waals surface area (Å²) in [5.41, 5.74) is 1.91. The summed E-state index contributed by atoms with van der Waals surface area (Å²) in [6.07, 6.45) is 0. The van der Waals surface area contributed by atoms with E-state index in [2.05, 4.69) is 5.32 Å². The lowest BCUT2D eigenvalue weighted by Gasteiger charge is -2.32. The molecule has 214 valence electrons. The molecular weight excluding hydrogens is 550 g/mol. The van der Waals surface area contributed by atoms with Gasteiger partial charge >= 0.3 is 0 Å². The molecule has 0 unspecified atom stereocenters. The van der Waals surface area contributed by atoms with Crippen LogP contribution in [0, 0.1) is 12.8 Å². The Morgan fingerprint density at radius 2 is 1.62 bits per heavy atom. The number of halogens is 1. The van der Waals surface area contributed by atoms with Crippen LogP contribution in [0.15, 0.2) is 77.7 Å². The molecule has 0 aliphatic heterocycles. The molecule has 0 saturated heterocycles. The topological polar surface area (TPSA) is 96.0 Å². The number of anilines is 1. The van der Waals surface area contributed by atoms with Crippen LogP contribution in [0.1, 0.15) is 31.9 Å². The van der Waals surface area contributed by atoms with E-state index in [0.29, 0.717) is 17.3 Å². The molecule has 0 aromatic heterocycles. The predicted octanol–water partition coefficient (Wildman–Crippen LogP) is 5.04. The van der Waals surface area contributed by atoms with Gasteiger partial charge in [0.05, 0.1) is 17.7 Å². The van der Waals surface area contributed by atoms with E-state index in [1.165, 1.54) is 24.1 Å². The van der Waals surface area contributed by atoms with Gasteiger partial charge < -0.3 is 15.0 Å². The van der Waals surface area contributed by atoms with Gasteiger partial charge in [0.15, 0.2) is 0 Å². The number of carbonyl (C=O) groups excluding carboxylic acids is 2. The van der Waals surface area contributed by atoms with Crippen molar-refractivity contribution in [3.63, 3.8) is 0 Å². The van der Waals surface area contributed by atoms with Gasteiger partial charge in [-0.15, -0.1) is 0 Å². The Morgan fingerprint density at radius 3 is 2.23 bits per heavy atom. The van der Waals surface area contributed by atoms with E-state index in [1.54, 1.807) is 67.6 Å². The SMILES string of the molecule is COc1cccc(N(CC(=O)N(Cc2ccc(Cl)cc2)[C@@H](C)C(=O)NCC(C)C)S(=O)(=O)c2ccc(C)cc2)c1. The zero-order valence-corrected chi connectivity index (χ0v) is 25.0. The van der Waals surface area contributed by atoms with Gasteiger partial charge in [-0.25, -0.2) is 8.42 Å². The second-order valence-electron chi connectivity index (χ2n) is 9.99. The molecule has 0 bridgehead atoms. The summed E-state index contributed by atoms with van der Waals surface area (Å²) >= 11 is 6.05. The van der Waals surface area contributed by atoms with E-state index >= 15 is 0 Å². The van der Waals surface area contributed by atoms with Crippen LogP contribution >= 0.6 is 11.6 Å².